The molecular formula is C33H44N8O2. The minimum Gasteiger partial charge on any atom is -0.369 e. The van der Waals surface area contributed by atoms with Gasteiger partial charge in [0.1, 0.15) is 5.82 Å². The van der Waals surface area contributed by atoms with Crippen LogP contribution in [0.3, 0.4) is 0 Å². The average molecular weight is 585 g/mol. The van der Waals surface area contributed by atoms with Gasteiger partial charge in [-0.2, -0.15) is 0 Å². The van der Waals surface area contributed by atoms with E-state index in [2.05, 4.69) is 77.2 Å². The van der Waals surface area contributed by atoms with E-state index in [0.29, 0.717) is 17.2 Å². The minimum atomic E-state index is -0.648. The first-order valence-corrected chi connectivity index (χ1v) is 15.1. The largest absolute Gasteiger partial charge is 0.369 e. The summed E-state index contributed by atoms with van der Waals surface area (Å²) in [4.78, 5) is 41.4. The number of hydrogen-bond donors (Lipinski definition) is 3. The van der Waals surface area contributed by atoms with Crippen molar-refractivity contribution >= 4 is 34.8 Å². The minimum absolute atomic E-state index is 0.0280. The third kappa shape index (κ3) is 7.07. The van der Waals surface area contributed by atoms with Crippen LogP contribution < -0.4 is 26.2 Å². The molecule has 0 spiro atoms. The molecule has 2 saturated heterocycles. The third-order valence-corrected chi connectivity index (χ3v) is 8.60. The molecule has 3 aromatic rings. The van der Waals surface area contributed by atoms with Gasteiger partial charge in [-0.1, -0.05) is 32.9 Å². The number of benzene rings is 2. The predicted molar refractivity (Wildman–Crippen MR) is 172 cm³/mol. The van der Waals surface area contributed by atoms with E-state index >= 15 is 0 Å². The van der Waals surface area contributed by atoms with Crippen LogP contribution in [0, 0.1) is 0 Å². The van der Waals surface area contributed by atoms with Crippen LogP contribution in [0.15, 0.2) is 54.7 Å². The predicted octanol–water partition coefficient (Wildman–Crippen LogP) is 4.16. The number of carbonyl (C=O) groups is 2. The first-order valence-electron chi connectivity index (χ1n) is 15.1. The maximum absolute atomic E-state index is 13.2. The van der Waals surface area contributed by atoms with Gasteiger partial charge in [0.05, 0.1) is 6.20 Å². The molecule has 2 aliphatic rings. The molecule has 2 atom stereocenters. The van der Waals surface area contributed by atoms with Gasteiger partial charge < -0.3 is 31.1 Å². The van der Waals surface area contributed by atoms with Crippen LogP contribution in [-0.2, 0) is 5.41 Å². The van der Waals surface area contributed by atoms with Crippen molar-refractivity contribution in [2.45, 2.75) is 58.0 Å². The fraction of sp³-hybridized carbons (Fsp3) is 0.455. The maximum Gasteiger partial charge on any atom is 0.271 e. The van der Waals surface area contributed by atoms with Gasteiger partial charge in [0.25, 0.3) is 11.8 Å². The number of piperazine rings is 1. The molecule has 3 heterocycles. The summed E-state index contributed by atoms with van der Waals surface area (Å²) in [6.45, 7) is 13.4. The second-order valence-corrected chi connectivity index (χ2v) is 12.7. The molecule has 43 heavy (non-hydrogen) atoms. The number of piperidine rings is 1. The molecule has 2 aromatic carbocycles. The fourth-order valence-electron chi connectivity index (χ4n) is 5.78. The van der Waals surface area contributed by atoms with Gasteiger partial charge in [-0.3, -0.25) is 9.59 Å². The summed E-state index contributed by atoms with van der Waals surface area (Å²) >= 11 is 0. The molecule has 2 fully saturated rings. The zero-order valence-corrected chi connectivity index (χ0v) is 25.9. The molecule has 228 valence electrons. The Morgan fingerprint density at radius 1 is 0.953 bits per heavy atom. The van der Waals surface area contributed by atoms with Gasteiger partial charge in [0.15, 0.2) is 11.5 Å². The van der Waals surface area contributed by atoms with Gasteiger partial charge in [0, 0.05) is 61.7 Å². The Kier molecular flexibility index (Phi) is 8.87. The second kappa shape index (κ2) is 12.6. The van der Waals surface area contributed by atoms with Gasteiger partial charge in [-0.25, -0.2) is 9.97 Å². The molecule has 2 amide bonds. The number of nitrogens with one attached hydrogen (secondary N) is 2. The topological polar surface area (TPSA) is 120 Å². The summed E-state index contributed by atoms with van der Waals surface area (Å²) in [6.07, 6.45) is 3.34. The summed E-state index contributed by atoms with van der Waals surface area (Å²) in [5.74, 6) is 0.207. The van der Waals surface area contributed by atoms with Crippen molar-refractivity contribution in [3.05, 3.63) is 71.5 Å². The van der Waals surface area contributed by atoms with Crippen molar-refractivity contribution in [1.29, 1.82) is 0 Å². The number of nitrogens with zero attached hydrogens (tertiary/aromatic N) is 5. The Morgan fingerprint density at radius 3 is 2.26 bits per heavy atom. The first kappa shape index (κ1) is 30.3. The van der Waals surface area contributed by atoms with E-state index in [4.69, 9.17) is 10.7 Å². The Hall–Kier alpha value is -4.18. The second-order valence-electron chi connectivity index (χ2n) is 12.7. The van der Waals surface area contributed by atoms with Crippen molar-refractivity contribution in [2.24, 2.45) is 5.73 Å². The molecule has 4 N–H and O–H groups in total. The number of rotatable bonds is 7. The fourth-order valence-corrected chi connectivity index (χ4v) is 5.78. The van der Waals surface area contributed by atoms with Gasteiger partial charge >= 0.3 is 0 Å². The normalized spacial score (nSPS) is 19.7. The lowest BCUT2D eigenvalue weighted by molar-refractivity contribution is 0.0923. The van der Waals surface area contributed by atoms with Crippen LogP contribution in [0.2, 0.25) is 0 Å². The lowest BCUT2D eigenvalue weighted by Gasteiger charge is -2.40. The zero-order chi connectivity index (χ0) is 30.7. The Labute approximate surface area is 254 Å². The summed E-state index contributed by atoms with van der Waals surface area (Å²) < 4.78 is 0. The summed E-state index contributed by atoms with van der Waals surface area (Å²) in [5, 5.41) is 6.50. The molecule has 5 rings (SSSR count). The number of carbonyl (C=O) groups excluding carboxylic acids is 2. The van der Waals surface area contributed by atoms with Gasteiger partial charge in [-0.15, -0.1) is 0 Å². The smallest absolute Gasteiger partial charge is 0.271 e. The van der Waals surface area contributed by atoms with E-state index in [1.807, 2.05) is 36.4 Å². The lowest BCUT2D eigenvalue weighted by atomic mass is 9.86. The maximum atomic E-state index is 13.2. The van der Waals surface area contributed by atoms with Crippen LogP contribution in [0.5, 0.6) is 0 Å². The SMILES string of the molecule is C[C@@H]1[C@H](NC(=O)c2ccc(C(C)(C)C)cc2)CCCN1c1cnc(C(N)=O)c(Nc2ccc(N3CCN(C)CC3)cc2)n1. The highest BCUT2D eigenvalue weighted by Crippen LogP contribution is 2.28. The van der Waals surface area contributed by atoms with Crippen LogP contribution in [0.25, 0.3) is 0 Å². The summed E-state index contributed by atoms with van der Waals surface area (Å²) in [5.41, 5.74) is 9.57. The number of aromatic nitrogens is 2. The standard InChI is InChI=1S/C33H44N8O2/c1-22-27(37-32(43)23-8-10-24(11-9-23)33(2,3)4)7-6-16-41(22)28-21-35-29(30(34)42)31(38-28)36-25-12-14-26(15-13-25)40-19-17-39(5)18-20-40/h8-15,21-22,27H,6-7,16-20H2,1-5H3,(H2,34,42)(H,36,38)(H,37,43)/t22-,27-/m1/s1. The first-order chi connectivity index (χ1) is 20.5. The number of likely N-dealkylation sites (N-methyl/N-ethyl adjacent to an activating group) is 1. The van der Waals surface area contributed by atoms with E-state index in [1.165, 1.54) is 5.56 Å². The van der Waals surface area contributed by atoms with Gasteiger partial charge in [0.2, 0.25) is 0 Å². The molecule has 0 bridgehead atoms. The van der Waals surface area contributed by atoms with Crippen molar-refractivity contribution in [3.63, 3.8) is 0 Å². The van der Waals surface area contributed by atoms with Crippen molar-refractivity contribution in [3.8, 4) is 0 Å². The number of nitrogens with two attached hydrogens (primary N) is 1. The Morgan fingerprint density at radius 2 is 1.63 bits per heavy atom. The Bertz CT molecular complexity index is 1430. The number of hydrogen-bond acceptors (Lipinski definition) is 8. The van der Waals surface area contributed by atoms with Crippen molar-refractivity contribution in [2.75, 3.05) is 54.9 Å². The van der Waals surface area contributed by atoms with Crippen LogP contribution in [0.4, 0.5) is 23.0 Å². The van der Waals surface area contributed by atoms with E-state index in [9.17, 15) is 9.59 Å². The van der Waals surface area contributed by atoms with Crippen LogP contribution in [-0.4, -0.2) is 78.5 Å². The molecule has 10 heteroatoms. The summed E-state index contributed by atoms with van der Waals surface area (Å²) in [6, 6.07) is 15.8. The third-order valence-electron chi connectivity index (χ3n) is 8.60. The molecular weight excluding hydrogens is 540 g/mol. The highest BCUT2D eigenvalue weighted by Gasteiger charge is 2.31. The van der Waals surface area contributed by atoms with E-state index < -0.39 is 5.91 Å². The molecule has 0 radical (unpaired) electrons. The highest BCUT2D eigenvalue weighted by molar-refractivity contribution is 5.96. The zero-order valence-electron chi connectivity index (χ0n) is 25.9. The summed E-state index contributed by atoms with van der Waals surface area (Å²) in [7, 11) is 2.14. The molecule has 1 aromatic heterocycles. The lowest BCUT2D eigenvalue weighted by Crippen LogP contribution is -2.54. The molecule has 10 nitrogen and oxygen atoms in total. The molecule has 2 aliphatic heterocycles. The monoisotopic (exact) mass is 584 g/mol. The van der Waals surface area contributed by atoms with Crippen LogP contribution in [0.1, 0.15) is 66.9 Å². The molecule has 0 unspecified atom stereocenters. The van der Waals surface area contributed by atoms with Gasteiger partial charge in [-0.05, 0) is 74.2 Å². The van der Waals surface area contributed by atoms with E-state index in [1.54, 1.807) is 6.20 Å². The Balaban J connectivity index is 1.29. The quantitative estimate of drug-likeness (QED) is 0.379. The average Bonchev–Trinajstić information content (AvgIpc) is 2.98. The van der Waals surface area contributed by atoms with E-state index in [-0.39, 0.29) is 29.1 Å². The van der Waals surface area contributed by atoms with Crippen LogP contribution >= 0.6 is 0 Å². The highest BCUT2D eigenvalue weighted by atomic mass is 16.2. The molecule has 0 aliphatic carbocycles. The number of amides is 2. The number of anilines is 4. The van der Waals surface area contributed by atoms with Crippen molar-refractivity contribution in [1.82, 2.24) is 20.2 Å². The van der Waals surface area contributed by atoms with Crippen molar-refractivity contribution < 1.29 is 9.59 Å². The van der Waals surface area contributed by atoms with E-state index in [0.717, 1.165) is 56.9 Å². The number of primary amides is 1. The molecule has 0 saturated carbocycles.